The predicted molar refractivity (Wildman–Crippen MR) is 85.6 cm³/mol. The molecule has 0 unspecified atom stereocenters. The minimum atomic E-state index is -5.05. The number of methoxy groups -OCH3 is 2. The first-order valence-corrected chi connectivity index (χ1v) is 7.42. The molecular weight excluding hydrogens is 396 g/mol. The average molecular weight is 411 g/mol. The number of rotatable bonds is 6. The fourth-order valence-corrected chi connectivity index (χ4v) is 2.09. The maximum Gasteiger partial charge on any atom is 0.416 e. The molecule has 0 fully saturated rings. The van der Waals surface area contributed by atoms with Gasteiger partial charge in [0.25, 0.3) is 0 Å². The normalized spacial score (nSPS) is 14.4. The third-order valence-corrected chi connectivity index (χ3v) is 3.57. The molecule has 0 amide bonds. The van der Waals surface area contributed by atoms with Crippen molar-refractivity contribution >= 4 is 18.2 Å². The van der Waals surface area contributed by atoms with Crippen LogP contribution in [0.4, 0.5) is 26.3 Å². The van der Waals surface area contributed by atoms with Gasteiger partial charge in [0.2, 0.25) is 0 Å². The van der Waals surface area contributed by atoms with Crippen molar-refractivity contribution in [2.75, 3.05) is 14.2 Å². The van der Waals surface area contributed by atoms with Gasteiger partial charge in [-0.1, -0.05) is 6.08 Å². The summed E-state index contributed by atoms with van der Waals surface area (Å²) in [4.78, 5) is 27.3. The molecule has 0 N–H and O–H groups in total. The monoisotopic (exact) mass is 411 g/mol. The third kappa shape index (κ3) is 5.57. The van der Waals surface area contributed by atoms with Gasteiger partial charge in [0.15, 0.2) is 5.54 Å². The van der Waals surface area contributed by atoms with Crippen LogP contribution >= 0.6 is 0 Å². The molecule has 1 aromatic carbocycles. The van der Waals surface area contributed by atoms with E-state index in [9.17, 15) is 35.9 Å². The molecule has 28 heavy (non-hydrogen) atoms. The number of halogens is 6. The highest BCUT2D eigenvalue weighted by Crippen LogP contribution is 2.36. The Labute approximate surface area is 155 Å². The van der Waals surface area contributed by atoms with Crippen LogP contribution in [0, 0.1) is 0 Å². The van der Waals surface area contributed by atoms with E-state index >= 15 is 0 Å². The fourth-order valence-electron chi connectivity index (χ4n) is 2.09. The molecule has 0 aliphatic carbocycles. The Bertz CT molecular complexity index is 753. The highest BCUT2D eigenvalue weighted by molar-refractivity contribution is 5.92. The lowest BCUT2D eigenvalue weighted by Gasteiger charge is -2.22. The molecule has 0 saturated heterocycles. The summed E-state index contributed by atoms with van der Waals surface area (Å²) < 4.78 is 86.4. The van der Waals surface area contributed by atoms with E-state index < -0.39 is 52.9 Å². The summed E-state index contributed by atoms with van der Waals surface area (Å²) in [5.41, 5.74) is -5.80. The number of carbonyl (C=O) groups excluding carboxylic acids is 2. The van der Waals surface area contributed by atoms with E-state index in [1.165, 1.54) is 0 Å². The summed E-state index contributed by atoms with van der Waals surface area (Å²) in [5.74, 6) is -2.03. The molecular formula is C17H15F6NO4. The van der Waals surface area contributed by atoms with Crippen LogP contribution in [-0.4, -0.2) is 37.9 Å². The quantitative estimate of drug-likeness (QED) is 0.309. The highest BCUT2D eigenvalue weighted by Gasteiger charge is 2.40. The second-order valence-electron chi connectivity index (χ2n) is 5.47. The molecule has 1 aromatic rings. The zero-order valence-corrected chi connectivity index (χ0v) is 14.6. The Balaban J connectivity index is 3.52. The predicted octanol–water partition coefficient (Wildman–Crippen LogP) is 3.80. The Morgan fingerprint density at radius 3 is 1.86 bits per heavy atom. The Morgan fingerprint density at radius 1 is 1.00 bits per heavy atom. The summed E-state index contributed by atoms with van der Waals surface area (Å²) >= 11 is 0. The summed E-state index contributed by atoms with van der Waals surface area (Å²) in [6, 6.07) is 0.789. The van der Waals surface area contributed by atoms with Gasteiger partial charge in [-0.25, -0.2) is 4.79 Å². The SMILES string of the molecule is C=C[C@](CC(=O)OC)(N=Cc1cc(C(F)(F)F)cc(C(F)(F)F)c1)C(=O)OC. The van der Waals surface area contributed by atoms with Crippen LogP contribution in [0.2, 0.25) is 0 Å². The van der Waals surface area contributed by atoms with Crippen molar-refractivity contribution in [2.45, 2.75) is 24.3 Å². The van der Waals surface area contributed by atoms with Crippen LogP contribution in [0.1, 0.15) is 23.1 Å². The van der Waals surface area contributed by atoms with Crippen molar-refractivity contribution in [3.8, 4) is 0 Å². The lowest BCUT2D eigenvalue weighted by molar-refractivity contribution is -0.151. The number of alkyl halides is 6. The molecule has 1 rings (SSSR count). The molecule has 11 heteroatoms. The van der Waals surface area contributed by atoms with Crippen molar-refractivity contribution in [3.63, 3.8) is 0 Å². The maximum atomic E-state index is 12.9. The molecule has 1 atom stereocenters. The van der Waals surface area contributed by atoms with Gasteiger partial charge in [0.1, 0.15) is 0 Å². The molecule has 0 aliphatic heterocycles. The van der Waals surface area contributed by atoms with Gasteiger partial charge in [-0.15, -0.1) is 6.58 Å². The smallest absolute Gasteiger partial charge is 0.416 e. The first kappa shape index (κ1) is 23.2. The minimum absolute atomic E-state index is 0.0488. The second kappa shape index (κ2) is 8.44. The lowest BCUT2D eigenvalue weighted by atomic mass is 9.96. The van der Waals surface area contributed by atoms with Crippen LogP contribution in [0.25, 0.3) is 0 Å². The first-order chi connectivity index (χ1) is 12.8. The van der Waals surface area contributed by atoms with E-state index in [4.69, 9.17) is 0 Å². The van der Waals surface area contributed by atoms with Crippen LogP contribution in [-0.2, 0) is 31.4 Å². The van der Waals surface area contributed by atoms with Crippen molar-refractivity contribution in [1.29, 1.82) is 0 Å². The van der Waals surface area contributed by atoms with Gasteiger partial charge < -0.3 is 9.47 Å². The summed E-state index contributed by atoms with van der Waals surface area (Å²) in [5, 5.41) is 0. The molecule has 5 nitrogen and oxygen atoms in total. The van der Waals surface area contributed by atoms with Crippen LogP contribution in [0.3, 0.4) is 0 Å². The summed E-state index contributed by atoms with van der Waals surface area (Å²) in [7, 11) is 1.97. The lowest BCUT2D eigenvalue weighted by Crippen LogP contribution is -2.38. The Morgan fingerprint density at radius 2 is 1.50 bits per heavy atom. The van der Waals surface area contributed by atoms with Gasteiger partial charge in [-0.05, 0) is 23.8 Å². The number of ether oxygens (including phenoxy) is 2. The maximum absolute atomic E-state index is 12.9. The van der Waals surface area contributed by atoms with Crippen molar-refractivity contribution in [3.05, 3.63) is 47.5 Å². The minimum Gasteiger partial charge on any atom is -0.469 e. The number of benzene rings is 1. The zero-order valence-electron chi connectivity index (χ0n) is 14.6. The molecule has 0 spiro atoms. The van der Waals surface area contributed by atoms with Gasteiger partial charge in [-0.3, -0.25) is 9.79 Å². The highest BCUT2D eigenvalue weighted by atomic mass is 19.4. The van der Waals surface area contributed by atoms with Crippen LogP contribution in [0.15, 0.2) is 35.8 Å². The van der Waals surface area contributed by atoms with E-state index in [2.05, 4.69) is 21.0 Å². The van der Waals surface area contributed by atoms with Crippen molar-refractivity contribution in [1.82, 2.24) is 0 Å². The van der Waals surface area contributed by atoms with Crippen LogP contribution < -0.4 is 0 Å². The average Bonchev–Trinajstić information content (AvgIpc) is 2.62. The molecule has 0 saturated carbocycles. The number of esters is 2. The van der Waals surface area contributed by atoms with E-state index in [0.29, 0.717) is 18.3 Å². The molecule has 0 aromatic heterocycles. The van der Waals surface area contributed by atoms with E-state index in [0.717, 1.165) is 20.3 Å². The third-order valence-electron chi connectivity index (χ3n) is 3.57. The first-order valence-electron chi connectivity index (χ1n) is 7.42. The van der Waals surface area contributed by atoms with Crippen molar-refractivity contribution < 1.29 is 45.4 Å². The number of aliphatic imine (C=N–C) groups is 1. The summed E-state index contributed by atoms with van der Waals surface area (Å²) in [6.45, 7) is 3.33. The molecule has 154 valence electrons. The number of hydrogen-bond acceptors (Lipinski definition) is 5. The molecule has 0 radical (unpaired) electrons. The number of nitrogens with zero attached hydrogens (tertiary/aromatic N) is 1. The van der Waals surface area contributed by atoms with Gasteiger partial charge >= 0.3 is 24.3 Å². The summed E-state index contributed by atoms with van der Waals surface area (Å²) in [6.07, 6.45) is -9.33. The number of carbonyl (C=O) groups is 2. The van der Waals surface area contributed by atoms with E-state index in [-0.39, 0.29) is 6.07 Å². The number of hydrogen-bond donors (Lipinski definition) is 0. The standard InChI is InChI=1S/C17H15F6NO4/c1-4-15(14(26)28-3,8-13(25)27-2)24-9-10-5-11(16(18,19)20)7-12(6-10)17(21,22)23/h4-7,9H,1,8H2,2-3H3/t15-/m1/s1. The van der Waals surface area contributed by atoms with Crippen molar-refractivity contribution in [2.24, 2.45) is 4.99 Å². The van der Waals surface area contributed by atoms with E-state index in [1.807, 2.05) is 0 Å². The molecule has 0 heterocycles. The zero-order chi connectivity index (χ0) is 21.8. The Kier molecular flexibility index (Phi) is 6.99. The van der Waals surface area contributed by atoms with Crippen LogP contribution in [0.5, 0.6) is 0 Å². The van der Waals surface area contributed by atoms with Gasteiger partial charge in [0.05, 0.1) is 31.8 Å². The molecule has 0 bridgehead atoms. The fraction of sp³-hybridized carbons (Fsp3) is 0.353. The molecule has 0 aliphatic rings. The van der Waals surface area contributed by atoms with Gasteiger partial charge in [-0.2, -0.15) is 26.3 Å². The van der Waals surface area contributed by atoms with Gasteiger partial charge in [0, 0.05) is 6.21 Å². The van der Waals surface area contributed by atoms with E-state index in [1.54, 1.807) is 0 Å². The topological polar surface area (TPSA) is 65.0 Å². The largest absolute Gasteiger partial charge is 0.469 e. The Hall–Kier alpha value is -2.85. The second-order valence-corrected chi connectivity index (χ2v) is 5.47.